The van der Waals surface area contributed by atoms with Gasteiger partial charge in [-0.1, -0.05) is 56.1 Å². The molecule has 0 saturated heterocycles. The van der Waals surface area contributed by atoms with Gasteiger partial charge in [0.25, 0.3) is 0 Å². The van der Waals surface area contributed by atoms with E-state index in [1.54, 1.807) is 42.5 Å². The Kier molecular flexibility index (Phi) is 9.29. The lowest BCUT2D eigenvalue weighted by atomic mass is 10.1. The highest BCUT2D eigenvalue weighted by atomic mass is 35.5. The van der Waals surface area contributed by atoms with E-state index in [1.165, 1.54) is 12.1 Å². The van der Waals surface area contributed by atoms with Gasteiger partial charge in [-0.25, -0.2) is 0 Å². The van der Waals surface area contributed by atoms with Crippen LogP contribution in [0.25, 0.3) is 0 Å². The van der Waals surface area contributed by atoms with Gasteiger partial charge in [0, 0.05) is 35.4 Å². The van der Waals surface area contributed by atoms with Crippen molar-refractivity contribution in [2.24, 2.45) is 0 Å². The third-order valence-electron chi connectivity index (χ3n) is 5.43. The molecular formula is C27H29ClF3NO3. The third-order valence-corrected chi connectivity index (χ3v) is 5.80. The summed E-state index contributed by atoms with van der Waals surface area (Å²) in [5, 5.41) is 11.2. The van der Waals surface area contributed by atoms with Crippen LogP contribution in [0.15, 0.2) is 66.7 Å². The van der Waals surface area contributed by atoms with E-state index in [9.17, 15) is 18.3 Å². The van der Waals surface area contributed by atoms with E-state index in [0.717, 1.165) is 18.4 Å². The second kappa shape index (κ2) is 12.2. The van der Waals surface area contributed by atoms with Crippen LogP contribution in [0, 0.1) is 0 Å². The van der Waals surface area contributed by atoms with E-state index in [-0.39, 0.29) is 18.8 Å². The van der Waals surface area contributed by atoms with E-state index < -0.39 is 12.5 Å². The molecule has 3 aromatic rings. The van der Waals surface area contributed by atoms with Crippen molar-refractivity contribution in [2.75, 3.05) is 11.4 Å². The molecule has 0 aliphatic carbocycles. The van der Waals surface area contributed by atoms with Crippen LogP contribution in [0.3, 0.4) is 0 Å². The number of ether oxygens (including phenoxy) is 2. The van der Waals surface area contributed by atoms with Gasteiger partial charge in [0.2, 0.25) is 0 Å². The van der Waals surface area contributed by atoms with E-state index in [2.05, 4.69) is 4.74 Å². The highest BCUT2D eigenvalue weighted by Crippen LogP contribution is 2.32. The first kappa shape index (κ1) is 26.7. The molecule has 0 heterocycles. The molecule has 1 unspecified atom stereocenters. The third kappa shape index (κ3) is 8.08. The molecule has 0 amide bonds. The van der Waals surface area contributed by atoms with E-state index >= 15 is 0 Å². The largest absolute Gasteiger partial charge is 0.573 e. The number of aliphatic hydroxyl groups is 1. The molecule has 8 heteroatoms. The number of aliphatic hydroxyl groups excluding tert-OH is 1. The average molecular weight is 508 g/mol. The standard InChI is InChI=1S/C27H29ClF3NO3/c1-3-8-22(33)18-32(17-20-9-5-6-12-26(20)35-27(29,30)31)21-10-7-11-23(16-21)34-24-13-14-25(28)19(4-2)15-24/h5-7,9-16,22,33H,3-4,8,17-18H2,1-2H3. The van der Waals surface area contributed by atoms with Crippen molar-refractivity contribution >= 4 is 17.3 Å². The van der Waals surface area contributed by atoms with Crippen LogP contribution < -0.4 is 14.4 Å². The summed E-state index contributed by atoms with van der Waals surface area (Å²) < 4.78 is 49.1. The smallest absolute Gasteiger partial charge is 0.457 e. The number of nitrogens with zero attached hydrogens (tertiary/aromatic N) is 1. The number of para-hydroxylation sites is 1. The second-order valence-electron chi connectivity index (χ2n) is 8.18. The zero-order valence-corrected chi connectivity index (χ0v) is 20.4. The molecule has 1 N–H and O–H groups in total. The van der Waals surface area contributed by atoms with Crippen molar-refractivity contribution in [1.82, 2.24) is 0 Å². The van der Waals surface area contributed by atoms with Gasteiger partial charge in [-0.05, 0) is 54.8 Å². The van der Waals surface area contributed by atoms with Crippen LogP contribution in [0.5, 0.6) is 17.2 Å². The summed E-state index contributed by atoms with van der Waals surface area (Å²) >= 11 is 6.20. The zero-order valence-electron chi connectivity index (χ0n) is 19.7. The molecule has 0 bridgehead atoms. The summed E-state index contributed by atoms with van der Waals surface area (Å²) in [6, 6.07) is 18.7. The number of halogens is 4. The van der Waals surface area contributed by atoms with Crippen molar-refractivity contribution in [3.05, 3.63) is 82.9 Å². The maximum atomic E-state index is 12.9. The number of rotatable bonds is 11. The Labute approximate surface area is 208 Å². The molecule has 35 heavy (non-hydrogen) atoms. The van der Waals surface area contributed by atoms with Gasteiger partial charge in [-0.15, -0.1) is 13.2 Å². The SMILES string of the molecule is CCCC(O)CN(Cc1ccccc1OC(F)(F)F)c1cccc(Oc2ccc(Cl)c(CC)c2)c1. The summed E-state index contributed by atoms with van der Waals surface area (Å²) in [4.78, 5) is 1.82. The minimum atomic E-state index is -4.80. The molecule has 0 aliphatic rings. The Morgan fingerprint density at radius 1 is 0.943 bits per heavy atom. The predicted molar refractivity (Wildman–Crippen MR) is 132 cm³/mol. The number of hydrogen-bond acceptors (Lipinski definition) is 4. The van der Waals surface area contributed by atoms with Crippen LogP contribution in [0.1, 0.15) is 37.8 Å². The zero-order chi connectivity index (χ0) is 25.4. The highest BCUT2D eigenvalue weighted by Gasteiger charge is 2.32. The molecule has 0 saturated carbocycles. The average Bonchev–Trinajstić information content (AvgIpc) is 2.80. The molecule has 3 aromatic carbocycles. The lowest BCUT2D eigenvalue weighted by molar-refractivity contribution is -0.274. The fourth-order valence-electron chi connectivity index (χ4n) is 3.77. The lowest BCUT2D eigenvalue weighted by Crippen LogP contribution is -2.32. The van der Waals surface area contributed by atoms with E-state index in [1.807, 2.05) is 30.9 Å². The van der Waals surface area contributed by atoms with Crippen molar-refractivity contribution in [1.29, 1.82) is 0 Å². The first-order valence-corrected chi connectivity index (χ1v) is 11.9. The van der Waals surface area contributed by atoms with Gasteiger partial charge in [-0.2, -0.15) is 0 Å². The Morgan fingerprint density at radius 3 is 2.40 bits per heavy atom. The monoisotopic (exact) mass is 507 g/mol. The number of aryl methyl sites for hydroxylation is 1. The van der Waals surface area contributed by atoms with Crippen LogP contribution in [0.2, 0.25) is 5.02 Å². The van der Waals surface area contributed by atoms with E-state index in [0.29, 0.717) is 34.2 Å². The summed E-state index contributed by atoms with van der Waals surface area (Å²) in [6.45, 7) is 4.31. The quantitative estimate of drug-likeness (QED) is 0.288. The fraction of sp³-hybridized carbons (Fsp3) is 0.333. The molecule has 4 nitrogen and oxygen atoms in total. The summed E-state index contributed by atoms with van der Waals surface area (Å²) in [5.74, 6) is 0.919. The molecule has 0 spiro atoms. The molecule has 188 valence electrons. The number of anilines is 1. The van der Waals surface area contributed by atoms with Crippen LogP contribution in [0.4, 0.5) is 18.9 Å². The maximum absolute atomic E-state index is 12.9. The number of alkyl halides is 3. The second-order valence-corrected chi connectivity index (χ2v) is 8.59. The van der Waals surface area contributed by atoms with Gasteiger partial charge in [0.05, 0.1) is 6.10 Å². The van der Waals surface area contributed by atoms with Crippen molar-refractivity contribution in [3.8, 4) is 17.2 Å². The number of hydrogen-bond donors (Lipinski definition) is 1. The molecule has 0 aromatic heterocycles. The molecule has 0 radical (unpaired) electrons. The Morgan fingerprint density at radius 2 is 1.69 bits per heavy atom. The molecule has 0 fully saturated rings. The Balaban J connectivity index is 1.89. The molecule has 3 rings (SSSR count). The Bertz CT molecular complexity index is 1110. The minimum Gasteiger partial charge on any atom is -0.457 e. The van der Waals surface area contributed by atoms with Crippen molar-refractivity contribution in [2.45, 2.75) is 52.1 Å². The molecule has 0 aliphatic heterocycles. The first-order chi connectivity index (χ1) is 16.7. The summed E-state index contributed by atoms with van der Waals surface area (Å²) in [7, 11) is 0. The fourth-order valence-corrected chi connectivity index (χ4v) is 4.02. The van der Waals surface area contributed by atoms with E-state index in [4.69, 9.17) is 16.3 Å². The van der Waals surface area contributed by atoms with Crippen LogP contribution >= 0.6 is 11.6 Å². The van der Waals surface area contributed by atoms with Crippen LogP contribution in [-0.2, 0) is 13.0 Å². The van der Waals surface area contributed by atoms with Gasteiger partial charge >= 0.3 is 6.36 Å². The maximum Gasteiger partial charge on any atom is 0.573 e. The van der Waals surface area contributed by atoms with Crippen molar-refractivity contribution < 1.29 is 27.8 Å². The lowest BCUT2D eigenvalue weighted by Gasteiger charge is -2.28. The van der Waals surface area contributed by atoms with Gasteiger partial charge in [0.15, 0.2) is 0 Å². The van der Waals surface area contributed by atoms with Crippen LogP contribution in [-0.4, -0.2) is 24.1 Å². The van der Waals surface area contributed by atoms with Gasteiger partial charge in [-0.3, -0.25) is 0 Å². The van der Waals surface area contributed by atoms with Crippen molar-refractivity contribution in [3.63, 3.8) is 0 Å². The molecular weight excluding hydrogens is 479 g/mol. The predicted octanol–water partition coefficient (Wildman–Crippen LogP) is 7.76. The molecule has 1 atom stereocenters. The number of benzene rings is 3. The first-order valence-electron chi connectivity index (χ1n) is 11.5. The van der Waals surface area contributed by atoms with Gasteiger partial charge < -0.3 is 19.5 Å². The highest BCUT2D eigenvalue weighted by molar-refractivity contribution is 6.31. The summed E-state index contributed by atoms with van der Waals surface area (Å²) in [5.41, 5.74) is 2.01. The normalized spacial score (nSPS) is 12.3. The van der Waals surface area contributed by atoms with Gasteiger partial charge in [0.1, 0.15) is 17.2 Å². The Hall–Kier alpha value is -2.90. The summed E-state index contributed by atoms with van der Waals surface area (Å²) in [6.07, 6.45) is -3.34. The topological polar surface area (TPSA) is 41.9 Å². The minimum absolute atomic E-state index is 0.109.